The van der Waals surface area contributed by atoms with Crippen LogP contribution in [-0.2, 0) is 13.0 Å². The first-order chi connectivity index (χ1) is 10.1. The van der Waals surface area contributed by atoms with Gasteiger partial charge in [-0.05, 0) is 45.4 Å². The average molecular weight is 306 g/mol. The Kier molecular flexibility index (Phi) is 4.23. The van der Waals surface area contributed by atoms with Crippen molar-refractivity contribution in [1.82, 2.24) is 14.5 Å². The highest BCUT2D eigenvalue weighted by atomic mass is 35.5. The summed E-state index contributed by atoms with van der Waals surface area (Å²) in [5.74, 6) is 1.74. The standard InChI is InChI=1S/C17H24ClN3/c1-12-5-4-6-15-17(12)19-16(9-10-18)21(15)11-13(2)20(3)14-7-8-14/h4-6,13-14H,7-11H2,1-3H3. The summed E-state index contributed by atoms with van der Waals surface area (Å²) in [4.78, 5) is 7.34. The number of aromatic nitrogens is 2. The van der Waals surface area contributed by atoms with Gasteiger partial charge in [-0.3, -0.25) is 4.90 Å². The molecule has 1 aliphatic carbocycles. The number of para-hydroxylation sites is 1. The number of alkyl halides is 1. The Morgan fingerprint density at radius 3 is 2.86 bits per heavy atom. The first-order valence-electron chi connectivity index (χ1n) is 7.84. The van der Waals surface area contributed by atoms with Crippen LogP contribution in [0, 0.1) is 6.92 Å². The van der Waals surface area contributed by atoms with Crippen molar-refractivity contribution >= 4 is 22.6 Å². The summed E-state index contributed by atoms with van der Waals surface area (Å²) in [7, 11) is 2.24. The maximum absolute atomic E-state index is 5.97. The van der Waals surface area contributed by atoms with Gasteiger partial charge in [-0.2, -0.15) is 0 Å². The number of fused-ring (bicyclic) bond motifs is 1. The third-order valence-corrected chi connectivity index (χ3v) is 4.83. The maximum atomic E-state index is 5.97. The summed E-state index contributed by atoms with van der Waals surface area (Å²) in [6.07, 6.45) is 3.52. The van der Waals surface area contributed by atoms with E-state index in [1.165, 1.54) is 23.9 Å². The van der Waals surface area contributed by atoms with Crippen LogP contribution in [0.1, 0.15) is 31.2 Å². The molecule has 0 aliphatic heterocycles. The molecule has 0 radical (unpaired) electrons. The van der Waals surface area contributed by atoms with Crippen molar-refractivity contribution in [2.24, 2.45) is 0 Å². The molecule has 1 saturated carbocycles. The second-order valence-corrected chi connectivity index (χ2v) is 6.64. The van der Waals surface area contributed by atoms with Gasteiger partial charge < -0.3 is 4.57 Å². The van der Waals surface area contributed by atoms with Crippen LogP contribution in [0.4, 0.5) is 0 Å². The number of halogens is 1. The van der Waals surface area contributed by atoms with Crippen molar-refractivity contribution in [1.29, 1.82) is 0 Å². The van der Waals surface area contributed by atoms with E-state index in [0.717, 1.165) is 30.3 Å². The van der Waals surface area contributed by atoms with E-state index in [0.29, 0.717) is 11.9 Å². The third-order valence-electron chi connectivity index (χ3n) is 4.64. The van der Waals surface area contributed by atoms with E-state index in [1.807, 2.05) is 0 Å². The monoisotopic (exact) mass is 305 g/mol. The molecule has 1 aromatic heterocycles. The molecule has 1 aromatic carbocycles. The Bertz CT molecular complexity index is 630. The topological polar surface area (TPSA) is 21.1 Å². The van der Waals surface area contributed by atoms with E-state index in [1.54, 1.807) is 0 Å². The summed E-state index contributed by atoms with van der Waals surface area (Å²) < 4.78 is 2.37. The number of imidazole rings is 1. The van der Waals surface area contributed by atoms with E-state index < -0.39 is 0 Å². The van der Waals surface area contributed by atoms with Crippen molar-refractivity contribution in [2.45, 2.75) is 51.7 Å². The molecule has 0 amide bonds. The van der Waals surface area contributed by atoms with Gasteiger partial charge in [0.15, 0.2) is 0 Å². The minimum atomic E-state index is 0.518. The lowest BCUT2D eigenvalue weighted by molar-refractivity contribution is 0.226. The zero-order chi connectivity index (χ0) is 15.0. The zero-order valence-electron chi connectivity index (χ0n) is 13.1. The van der Waals surface area contributed by atoms with Crippen LogP contribution in [0.3, 0.4) is 0 Å². The van der Waals surface area contributed by atoms with Gasteiger partial charge in [0.05, 0.1) is 11.0 Å². The Morgan fingerprint density at radius 2 is 2.19 bits per heavy atom. The molecule has 1 fully saturated rings. The van der Waals surface area contributed by atoms with Gasteiger partial charge in [-0.1, -0.05) is 12.1 Å². The van der Waals surface area contributed by atoms with Crippen LogP contribution < -0.4 is 0 Å². The molecule has 1 heterocycles. The molecule has 1 atom stereocenters. The van der Waals surface area contributed by atoms with Crippen molar-refractivity contribution in [2.75, 3.05) is 12.9 Å². The molecule has 0 saturated heterocycles. The number of rotatable bonds is 6. The van der Waals surface area contributed by atoms with Crippen LogP contribution in [0.5, 0.6) is 0 Å². The minimum absolute atomic E-state index is 0.518. The quantitative estimate of drug-likeness (QED) is 0.760. The van der Waals surface area contributed by atoms with E-state index in [9.17, 15) is 0 Å². The molecule has 0 spiro atoms. The fourth-order valence-electron chi connectivity index (χ4n) is 3.05. The molecule has 2 aromatic rings. The lowest BCUT2D eigenvalue weighted by atomic mass is 10.2. The van der Waals surface area contributed by atoms with Crippen LogP contribution in [0.2, 0.25) is 0 Å². The summed E-state index contributed by atoms with van der Waals surface area (Å²) >= 11 is 5.97. The number of hydrogen-bond donors (Lipinski definition) is 0. The van der Waals surface area contributed by atoms with Gasteiger partial charge in [0.25, 0.3) is 0 Å². The summed E-state index contributed by atoms with van der Waals surface area (Å²) in [5.41, 5.74) is 3.61. The summed E-state index contributed by atoms with van der Waals surface area (Å²) in [6, 6.07) is 7.73. The third kappa shape index (κ3) is 2.95. The van der Waals surface area contributed by atoms with E-state index in [-0.39, 0.29) is 0 Å². The molecule has 1 aliphatic rings. The SMILES string of the molecule is Cc1cccc2c1nc(CCCl)n2CC(C)N(C)C1CC1. The molecule has 4 heteroatoms. The van der Waals surface area contributed by atoms with Crippen LogP contribution >= 0.6 is 11.6 Å². The fourth-order valence-corrected chi connectivity index (χ4v) is 3.22. The number of hydrogen-bond acceptors (Lipinski definition) is 2. The van der Waals surface area contributed by atoms with E-state index in [2.05, 4.69) is 48.6 Å². The number of aryl methyl sites for hydroxylation is 2. The number of likely N-dealkylation sites (N-methyl/N-ethyl adjacent to an activating group) is 1. The lowest BCUT2D eigenvalue weighted by Gasteiger charge is -2.25. The van der Waals surface area contributed by atoms with Gasteiger partial charge in [-0.15, -0.1) is 11.6 Å². The second kappa shape index (κ2) is 5.98. The molecule has 21 heavy (non-hydrogen) atoms. The molecule has 114 valence electrons. The molecule has 3 rings (SSSR count). The van der Waals surface area contributed by atoms with Gasteiger partial charge in [0.1, 0.15) is 5.82 Å². The molecular formula is C17H24ClN3. The Labute approximate surface area is 131 Å². The maximum Gasteiger partial charge on any atom is 0.111 e. The Balaban J connectivity index is 1.94. The predicted molar refractivity (Wildman–Crippen MR) is 89.1 cm³/mol. The largest absolute Gasteiger partial charge is 0.326 e. The zero-order valence-corrected chi connectivity index (χ0v) is 13.9. The van der Waals surface area contributed by atoms with Gasteiger partial charge >= 0.3 is 0 Å². The predicted octanol–water partition coefficient (Wildman–Crippen LogP) is 3.61. The van der Waals surface area contributed by atoms with Crippen molar-refractivity contribution in [3.63, 3.8) is 0 Å². The summed E-state index contributed by atoms with van der Waals surface area (Å²) in [5, 5.41) is 0. The fraction of sp³-hybridized carbons (Fsp3) is 0.588. The molecular weight excluding hydrogens is 282 g/mol. The minimum Gasteiger partial charge on any atom is -0.326 e. The molecule has 3 nitrogen and oxygen atoms in total. The van der Waals surface area contributed by atoms with Gasteiger partial charge in [0, 0.05) is 30.9 Å². The highest BCUT2D eigenvalue weighted by Gasteiger charge is 2.29. The normalized spacial score (nSPS) is 16.8. The highest BCUT2D eigenvalue weighted by molar-refractivity contribution is 6.17. The average Bonchev–Trinajstić information content (AvgIpc) is 3.25. The first kappa shape index (κ1) is 14.9. The number of benzene rings is 1. The Hall–Kier alpha value is -1.06. The number of nitrogens with zero attached hydrogens (tertiary/aromatic N) is 3. The first-order valence-corrected chi connectivity index (χ1v) is 8.38. The molecule has 0 N–H and O–H groups in total. The van der Waals surface area contributed by atoms with Crippen LogP contribution in [-0.4, -0.2) is 39.5 Å². The van der Waals surface area contributed by atoms with E-state index >= 15 is 0 Å². The van der Waals surface area contributed by atoms with Crippen LogP contribution in [0.15, 0.2) is 18.2 Å². The van der Waals surface area contributed by atoms with E-state index in [4.69, 9.17) is 16.6 Å². The van der Waals surface area contributed by atoms with Crippen molar-refractivity contribution < 1.29 is 0 Å². The van der Waals surface area contributed by atoms with Crippen LogP contribution in [0.25, 0.3) is 11.0 Å². The highest BCUT2D eigenvalue weighted by Crippen LogP contribution is 2.28. The summed E-state index contributed by atoms with van der Waals surface area (Å²) in [6.45, 7) is 5.42. The van der Waals surface area contributed by atoms with Gasteiger partial charge in [-0.25, -0.2) is 4.98 Å². The molecule has 1 unspecified atom stereocenters. The Morgan fingerprint density at radius 1 is 1.43 bits per heavy atom. The van der Waals surface area contributed by atoms with Gasteiger partial charge in [0.2, 0.25) is 0 Å². The molecule has 0 bridgehead atoms. The van der Waals surface area contributed by atoms with Crippen molar-refractivity contribution in [3.8, 4) is 0 Å². The smallest absolute Gasteiger partial charge is 0.111 e. The van der Waals surface area contributed by atoms with Crippen molar-refractivity contribution in [3.05, 3.63) is 29.6 Å². The second-order valence-electron chi connectivity index (χ2n) is 6.27. The lowest BCUT2D eigenvalue weighted by Crippen LogP contribution is -2.34.